The van der Waals surface area contributed by atoms with Crippen molar-refractivity contribution < 1.29 is 0 Å². The maximum Gasteiger partial charge on any atom is 0.0407 e. The van der Waals surface area contributed by atoms with Crippen molar-refractivity contribution >= 4 is 21.6 Å². The molecular formula is C14H20BrN. The molecule has 88 valence electrons. The van der Waals surface area contributed by atoms with E-state index in [1.54, 1.807) is 0 Å². The lowest BCUT2D eigenvalue weighted by atomic mass is 10.1. The van der Waals surface area contributed by atoms with Gasteiger partial charge in [0.15, 0.2) is 0 Å². The van der Waals surface area contributed by atoms with Crippen LogP contribution in [0.1, 0.15) is 30.9 Å². The quantitative estimate of drug-likeness (QED) is 0.754. The van der Waals surface area contributed by atoms with Gasteiger partial charge in [-0.25, -0.2) is 0 Å². The summed E-state index contributed by atoms with van der Waals surface area (Å²) in [5.41, 5.74) is 4.21. The largest absolute Gasteiger partial charge is 0.371 e. The molecule has 2 heteroatoms. The smallest absolute Gasteiger partial charge is 0.0407 e. The number of aryl methyl sites for hydroxylation is 1. The predicted octanol–water partition coefficient (Wildman–Crippen LogP) is 4.13. The van der Waals surface area contributed by atoms with Gasteiger partial charge in [-0.3, -0.25) is 0 Å². The molecule has 0 spiro atoms. The van der Waals surface area contributed by atoms with Crippen molar-refractivity contribution in [2.75, 3.05) is 18.0 Å². The maximum atomic E-state index is 3.60. The monoisotopic (exact) mass is 281 g/mol. The number of rotatable bonds is 3. The molecule has 1 heterocycles. The molecule has 1 unspecified atom stereocenters. The van der Waals surface area contributed by atoms with E-state index in [-0.39, 0.29) is 0 Å². The number of nitrogens with zero attached hydrogens (tertiary/aromatic N) is 1. The van der Waals surface area contributed by atoms with Crippen LogP contribution in [0, 0.1) is 12.8 Å². The molecule has 1 aromatic rings. The number of hydrogen-bond acceptors (Lipinski definition) is 1. The first-order valence-electron chi connectivity index (χ1n) is 6.15. The molecule has 1 saturated heterocycles. The van der Waals surface area contributed by atoms with Gasteiger partial charge in [-0.1, -0.05) is 47.0 Å². The fraction of sp³-hybridized carbons (Fsp3) is 0.571. The first-order valence-corrected chi connectivity index (χ1v) is 7.27. The van der Waals surface area contributed by atoms with Gasteiger partial charge in [-0.15, -0.1) is 0 Å². The van der Waals surface area contributed by atoms with E-state index in [0.717, 1.165) is 11.2 Å². The number of alkyl halides is 1. The highest BCUT2D eigenvalue weighted by Crippen LogP contribution is 2.30. The summed E-state index contributed by atoms with van der Waals surface area (Å²) in [4.78, 5) is 2.55. The summed E-state index contributed by atoms with van der Waals surface area (Å²) in [5, 5.41) is 0.956. The molecule has 1 aliphatic rings. The van der Waals surface area contributed by atoms with Crippen LogP contribution in [0.15, 0.2) is 18.2 Å². The normalized spacial score (nSPS) is 20.4. The van der Waals surface area contributed by atoms with Crippen LogP contribution in [-0.4, -0.2) is 13.1 Å². The third-order valence-corrected chi connectivity index (χ3v) is 4.19. The lowest BCUT2D eigenvalue weighted by Crippen LogP contribution is -2.20. The van der Waals surface area contributed by atoms with Crippen LogP contribution in [0.25, 0.3) is 0 Å². The molecule has 0 saturated carbocycles. The van der Waals surface area contributed by atoms with Gasteiger partial charge in [0.05, 0.1) is 0 Å². The summed E-state index contributed by atoms with van der Waals surface area (Å²) in [6, 6.07) is 6.80. The molecule has 0 aromatic heterocycles. The first-order chi connectivity index (χ1) is 7.74. The molecule has 2 rings (SSSR count). The summed E-state index contributed by atoms with van der Waals surface area (Å²) < 4.78 is 0. The minimum Gasteiger partial charge on any atom is -0.371 e. The van der Waals surface area contributed by atoms with Crippen molar-refractivity contribution in [3.63, 3.8) is 0 Å². The van der Waals surface area contributed by atoms with Crippen molar-refractivity contribution in [3.8, 4) is 0 Å². The Morgan fingerprint density at radius 1 is 1.44 bits per heavy atom. The van der Waals surface area contributed by atoms with Crippen LogP contribution in [0.3, 0.4) is 0 Å². The summed E-state index contributed by atoms with van der Waals surface area (Å²) in [7, 11) is 0. The molecule has 16 heavy (non-hydrogen) atoms. The fourth-order valence-electron chi connectivity index (χ4n) is 2.51. The predicted molar refractivity (Wildman–Crippen MR) is 74.4 cm³/mol. The number of hydrogen-bond donors (Lipinski definition) is 0. The lowest BCUT2D eigenvalue weighted by Gasteiger charge is -2.22. The van der Waals surface area contributed by atoms with Gasteiger partial charge in [0.2, 0.25) is 0 Å². The average molecular weight is 282 g/mol. The van der Waals surface area contributed by atoms with Crippen molar-refractivity contribution in [3.05, 3.63) is 29.3 Å². The van der Waals surface area contributed by atoms with E-state index in [0.29, 0.717) is 0 Å². The van der Waals surface area contributed by atoms with E-state index in [4.69, 9.17) is 0 Å². The molecule has 0 aliphatic carbocycles. The Balaban J connectivity index is 2.20. The zero-order valence-electron chi connectivity index (χ0n) is 10.2. The zero-order valence-corrected chi connectivity index (χ0v) is 11.8. The molecule has 0 N–H and O–H groups in total. The van der Waals surface area contributed by atoms with Crippen LogP contribution >= 0.6 is 15.9 Å². The minimum absolute atomic E-state index is 0.893. The van der Waals surface area contributed by atoms with Crippen molar-refractivity contribution in [1.82, 2.24) is 0 Å². The highest BCUT2D eigenvalue weighted by molar-refractivity contribution is 9.08. The summed E-state index contributed by atoms with van der Waals surface area (Å²) in [6.07, 6.45) is 2.66. The molecule has 1 fully saturated rings. The number of benzene rings is 1. The molecular weight excluding hydrogens is 262 g/mol. The number of halogens is 1. The first kappa shape index (κ1) is 12.0. The Bertz CT molecular complexity index is 362. The van der Waals surface area contributed by atoms with Crippen molar-refractivity contribution in [1.29, 1.82) is 0 Å². The second-order valence-corrected chi connectivity index (χ2v) is 5.34. The van der Waals surface area contributed by atoms with E-state index in [9.17, 15) is 0 Å². The topological polar surface area (TPSA) is 3.24 Å². The molecule has 1 atom stereocenters. The lowest BCUT2D eigenvalue weighted by molar-refractivity contribution is 0.569. The van der Waals surface area contributed by atoms with Gasteiger partial charge in [0, 0.05) is 24.1 Å². The van der Waals surface area contributed by atoms with Crippen LogP contribution in [0.4, 0.5) is 5.69 Å². The van der Waals surface area contributed by atoms with Crippen LogP contribution in [0.2, 0.25) is 0 Å². The van der Waals surface area contributed by atoms with Crippen molar-refractivity contribution in [2.45, 2.75) is 32.0 Å². The summed E-state index contributed by atoms with van der Waals surface area (Å²) >= 11 is 3.60. The van der Waals surface area contributed by atoms with Gasteiger partial charge in [-0.2, -0.15) is 0 Å². The van der Waals surface area contributed by atoms with E-state index < -0.39 is 0 Å². The second-order valence-electron chi connectivity index (χ2n) is 4.77. The van der Waals surface area contributed by atoms with E-state index >= 15 is 0 Å². The van der Waals surface area contributed by atoms with Gasteiger partial charge in [0.1, 0.15) is 0 Å². The van der Waals surface area contributed by atoms with Crippen LogP contribution in [-0.2, 0) is 5.33 Å². The maximum absolute atomic E-state index is 3.60. The van der Waals surface area contributed by atoms with Gasteiger partial charge in [-0.05, 0) is 30.9 Å². The standard InChI is InChI=1S/C14H20BrN/c1-3-12-6-7-16(10-12)14-5-4-11(2)8-13(14)9-15/h4-5,8,12H,3,6-7,9-10H2,1-2H3. The number of anilines is 1. The third kappa shape index (κ3) is 2.42. The SMILES string of the molecule is CCC1CCN(c2ccc(C)cc2CBr)C1. The Labute approximate surface area is 107 Å². The minimum atomic E-state index is 0.893. The van der Waals surface area contributed by atoms with Crippen LogP contribution < -0.4 is 4.90 Å². The highest BCUT2D eigenvalue weighted by atomic mass is 79.9. The fourth-order valence-corrected chi connectivity index (χ4v) is 2.96. The average Bonchev–Trinajstić information content (AvgIpc) is 2.77. The summed E-state index contributed by atoms with van der Waals surface area (Å²) in [6.45, 7) is 6.92. The highest BCUT2D eigenvalue weighted by Gasteiger charge is 2.22. The van der Waals surface area contributed by atoms with Crippen LogP contribution in [0.5, 0.6) is 0 Å². The molecule has 1 aromatic carbocycles. The summed E-state index contributed by atoms with van der Waals surface area (Å²) in [5.74, 6) is 0.893. The molecule has 1 aliphatic heterocycles. The Morgan fingerprint density at radius 2 is 2.25 bits per heavy atom. The van der Waals surface area contributed by atoms with Crippen molar-refractivity contribution in [2.24, 2.45) is 5.92 Å². The van der Waals surface area contributed by atoms with Gasteiger partial charge < -0.3 is 4.90 Å². The third-order valence-electron chi connectivity index (χ3n) is 3.58. The molecule has 0 radical (unpaired) electrons. The molecule has 0 amide bonds. The molecule has 1 nitrogen and oxygen atoms in total. The van der Waals surface area contributed by atoms with Gasteiger partial charge in [0.25, 0.3) is 0 Å². The Hall–Kier alpha value is -0.500. The zero-order chi connectivity index (χ0) is 11.5. The molecule has 0 bridgehead atoms. The Kier molecular flexibility index (Phi) is 3.91. The van der Waals surface area contributed by atoms with E-state index in [2.05, 4.69) is 52.9 Å². The van der Waals surface area contributed by atoms with E-state index in [1.807, 2.05) is 0 Å². The Morgan fingerprint density at radius 3 is 2.88 bits per heavy atom. The van der Waals surface area contributed by atoms with E-state index in [1.165, 1.54) is 42.7 Å². The second kappa shape index (κ2) is 5.22. The van der Waals surface area contributed by atoms with Gasteiger partial charge >= 0.3 is 0 Å².